The van der Waals surface area contributed by atoms with Crippen LogP contribution in [0.25, 0.3) is 0 Å². The van der Waals surface area contributed by atoms with E-state index >= 15 is 0 Å². The van der Waals surface area contributed by atoms with Gasteiger partial charge in [0.05, 0.1) is 5.41 Å². The number of carbonyl (C=O) groups excluding carboxylic acids is 1. The highest BCUT2D eigenvalue weighted by Crippen LogP contribution is 2.47. The highest BCUT2D eigenvalue weighted by Gasteiger charge is 2.39. The predicted octanol–water partition coefficient (Wildman–Crippen LogP) is 1.68. The molecular weight excluding hydrogens is 304 g/mol. The van der Waals surface area contributed by atoms with Gasteiger partial charge in [0, 0.05) is 36.5 Å². The molecule has 22 heavy (non-hydrogen) atoms. The number of fused-ring (bicyclic) bond motifs is 1. The Hall–Kier alpha value is -1.90. The first-order valence-electron chi connectivity index (χ1n) is 6.71. The number of ether oxygens (including phenoxy) is 1. The minimum atomic E-state index is -0.820. The number of amides is 1. The molecule has 7 nitrogen and oxygen atoms in total. The number of hydroxylamine groups is 1. The Labute approximate surface area is 132 Å². The third-order valence-electron chi connectivity index (χ3n) is 3.73. The molecule has 0 saturated carbocycles. The van der Waals surface area contributed by atoms with Gasteiger partial charge in [-0.2, -0.15) is 0 Å². The summed E-state index contributed by atoms with van der Waals surface area (Å²) in [7, 11) is 1.61. The summed E-state index contributed by atoms with van der Waals surface area (Å²) >= 11 is 1.52. The second kappa shape index (κ2) is 5.71. The van der Waals surface area contributed by atoms with Crippen LogP contribution in [0.4, 0.5) is 5.82 Å². The van der Waals surface area contributed by atoms with E-state index < -0.39 is 11.3 Å². The molecule has 1 unspecified atom stereocenters. The van der Waals surface area contributed by atoms with Crippen molar-refractivity contribution in [2.75, 3.05) is 18.7 Å². The van der Waals surface area contributed by atoms with Crippen LogP contribution in [0, 0.1) is 5.41 Å². The van der Waals surface area contributed by atoms with Crippen LogP contribution >= 0.6 is 11.8 Å². The number of thioether (sulfide) groups is 1. The molecule has 0 aromatic carbocycles. The van der Waals surface area contributed by atoms with E-state index in [1.165, 1.54) is 11.8 Å². The van der Waals surface area contributed by atoms with Gasteiger partial charge < -0.3 is 9.64 Å². The lowest BCUT2D eigenvalue weighted by molar-refractivity contribution is -0.136. The minimum Gasteiger partial charge on any atom is -0.364 e. The van der Waals surface area contributed by atoms with Gasteiger partial charge in [0.25, 0.3) is 5.91 Å². The summed E-state index contributed by atoms with van der Waals surface area (Å²) in [5.74, 6) is 0.276. The van der Waals surface area contributed by atoms with E-state index in [-0.39, 0.29) is 0 Å². The van der Waals surface area contributed by atoms with E-state index in [0.29, 0.717) is 13.2 Å². The molecule has 1 aromatic rings. The molecule has 3 rings (SSSR count). The van der Waals surface area contributed by atoms with Crippen molar-refractivity contribution in [1.82, 2.24) is 15.4 Å². The number of nitrogens with one attached hydrogen (secondary N) is 1. The summed E-state index contributed by atoms with van der Waals surface area (Å²) in [6, 6.07) is 0. The van der Waals surface area contributed by atoms with Gasteiger partial charge in [-0.15, -0.1) is 0 Å². The highest BCUT2D eigenvalue weighted by atomic mass is 32.2. The molecule has 2 N–H and O–H groups in total. The van der Waals surface area contributed by atoms with E-state index in [1.54, 1.807) is 38.0 Å². The van der Waals surface area contributed by atoms with Crippen molar-refractivity contribution in [3.05, 3.63) is 35.1 Å². The van der Waals surface area contributed by atoms with Crippen LogP contribution in [0.15, 0.2) is 40.2 Å². The van der Waals surface area contributed by atoms with Crippen molar-refractivity contribution in [1.29, 1.82) is 0 Å². The number of hydrogen-bond acceptors (Lipinski definition) is 7. The molecule has 1 atom stereocenters. The zero-order valence-corrected chi connectivity index (χ0v) is 13.1. The van der Waals surface area contributed by atoms with Gasteiger partial charge in [-0.05, 0) is 13.0 Å². The average molecular weight is 320 g/mol. The largest absolute Gasteiger partial charge is 0.364 e. The zero-order valence-electron chi connectivity index (χ0n) is 12.2. The van der Waals surface area contributed by atoms with Crippen molar-refractivity contribution >= 4 is 23.5 Å². The van der Waals surface area contributed by atoms with E-state index in [2.05, 4.69) is 9.97 Å². The van der Waals surface area contributed by atoms with Crippen molar-refractivity contribution in [3.8, 4) is 0 Å². The standard InChI is InChI=1S/C14H16N4O3S/c1-14(13(19)17-20)4-3-10-9(7-14)18(8-21-2)11-12(22-10)16-6-5-15-11/h3-6,20H,7-8H2,1-2H3,(H,17,19). The third kappa shape index (κ3) is 2.39. The Bertz CT molecular complexity index is 676. The van der Waals surface area contributed by atoms with Gasteiger partial charge in [0.1, 0.15) is 11.8 Å². The molecule has 1 aromatic heterocycles. The summed E-state index contributed by atoms with van der Waals surface area (Å²) < 4.78 is 5.28. The fourth-order valence-electron chi connectivity index (χ4n) is 2.53. The smallest absolute Gasteiger partial charge is 0.253 e. The monoisotopic (exact) mass is 320 g/mol. The van der Waals surface area contributed by atoms with Gasteiger partial charge in [-0.25, -0.2) is 15.4 Å². The first kappa shape index (κ1) is 15.0. The number of carbonyl (C=O) groups is 1. The molecule has 0 bridgehead atoms. The SMILES string of the molecule is COCN1C2=C(C=CC(C)(C(=O)NO)C2)Sc2nccnc21. The molecule has 1 aliphatic carbocycles. The lowest BCUT2D eigenvalue weighted by Gasteiger charge is -2.38. The quantitative estimate of drug-likeness (QED) is 0.647. The number of aromatic nitrogens is 2. The van der Waals surface area contributed by atoms with Crippen LogP contribution < -0.4 is 10.4 Å². The molecule has 2 heterocycles. The van der Waals surface area contributed by atoms with Gasteiger partial charge >= 0.3 is 0 Å². The first-order chi connectivity index (χ1) is 10.6. The third-order valence-corrected chi connectivity index (χ3v) is 4.81. The predicted molar refractivity (Wildman–Crippen MR) is 81.1 cm³/mol. The molecular formula is C14H16N4O3S. The summed E-state index contributed by atoms with van der Waals surface area (Å²) in [5.41, 5.74) is 1.86. The van der Waals surface area contributed by atoms with E-state index in [0.717, 1.165) is 21.4 Å². The number of anilines is 1. The van der Waals surface area contributed by atoms with E-state index in [9.17, 15) is 4.79 Å². The second-order valence-electron chi connectivity index (χ2n) is 5.31. The Morgan fingerprint density at radius 2 is 2.32 bits per heavy atom. The van der Waals surface area contributed by atoms with E-state index in [4.69, 9.17) is 9.94 Å². The normalized spacial score (nSPS) is 23.1. The molecule has 1 amide bonds. The molecule has 0 fully saturated rings. The molecule has 0 spiro atoms. The van der Waals surface area contributed by atoms with Gasteiger partial charge in [0.15, 0.2) is 5.82 Å². The summed E-state index contributed by atoms with van der Waals surface area (Å²) in [4.78, 5) is 23.6. The molecule has 1 aliphatic heterocycles. The Kier molecular flexibility index (Phi) is 3.90. The maximum Gasteiger partial charge on any atom is 0.253 e. The molecule has 2 aliphatic rings. The number of hydrogen-bond donors (Lipinski definition) is 2. The molecule has 8 heteroatoms. The number of allylic oxidation sites excluding steroid dienone is 2. The Balaban J connectivity index is 2.01. The fourth-order valence-corrected chi connectivity index (χ4v) is 3.54. The van der Waals surface area contributed by atoms with Crippen LogP contribution in [0.5, 0.6) is 0 Å². The summed E-state index contributed by atoms with van der Waals surface area (Å²) in [6.45, 7) is 2.09. The molecule has 116 valence electrons. The van der Waals surface area contributed by atoms with Crippen LogP contribution in [0.2, 0.25) is 0 Å². The van der Waals surface area contributed by atoms with Crippen molar-refractivity contribution in [2.24, 2.45) is 5.41 Å². The average Bonchev–Trinajstić information content (AvgIpc) is 2.54. The van der Waals surface area contributed by atoms with Crippen LogP contribution in [0.1, 0.15) is 13.3 Å². The fraction of sp³-hybridized carbons (Fsp3) is 0.357. The van der Waals surface area contributed by atoms with Gasteiger partial charge in [0.2, 0.25) is 0 Å². The summed E-state index contributed by atoms with van der Waals surface area (Å²) in [6.07, 6.45) is 7.41. The van der Waals surface area contributed by atoms with Gasteiger partial charge in [-0.1, -0.05) is 17.8 Å². The number of nitrogens with zero attached hydrogens (tertiary/aromatic N) is 3. The summed E-state index contributed by atoms with van der Waals surface area (Å²) in [5, 5.41) is 9.76. The zero-order chi connectivity index (χ0) is 15.7. The number of methoxy groups -OCH3 is 1. The Morgan fingerprint density at radius 1 is 1.55 bits per heavy atom. The minimum absolute atomic E-state index is 0.315. The lowest BCUT2D eigenvalue weighted by Crippen LogP contribution is -2.41. The van der Waals surface area contributed by atoms with Crippen LogP contribution in [-0.2, 0) is 9.53 Å². The van der Waals surface area contributed by atoms with E-state index in [1.807, 2.05) is 11.0 Å². The van der Waals surface area contributed by atoms with Crippen molar-refractivity contribution < 1.29 is 14.7 Å². The highest BCUT2D eigenvalue weighted by molar-refractivity contribution is 8.03. The first-order valence-corrected chi connectivity index (χ1v) is 7.53. The molecule has 0 saturated heterocycles. The van der Waals surface area contributed by atoms with Gasteiger partial charge in [-0.3, -0.25) is 10.0 Å². The van der Waals surface area contributed by atoms with Crippen LogP contribution in [0.3, 0.4) is 0 Å². The topological polar surface area (TPSA) is 87.6 Å². The maximum atomic E-state index is 12.0. The van der Waals surface area contributed by atoms with Crippen LogP contribution in [-0.4, -0.2) is 34.9 Å². The number of rotatable bonds is 3. The van der Waals surface area contributed by atoms with Crippen molar-refractivity contribution in [3.63, 3.8) is 0 Å². The van der Waals surface area contributed by atoms with Crippen molar-refractivity contribution in [2.45, 2.75) is 18.4 Å². The second-order valence-corrected chi connectivity index (χ2v) is 6.34. The Morgan fingerprint density at radius 3 is 3.05 bits per heavy atom. The molecule has 0 radical (unpaired) electrons. The lowest BCUT2D eigenvalue weighted by atomic mass is 9.81. The maximum absolute atomic E-state index is 12.0.